The van der Waals surface area contributed by atoms with Gasteiger partial charge in [-0.25, -0.2) is 4.98 Å². The second-order valence-corrected chi connectivity index (χ2v) is 4.28. The first-order valence-corrected chi connectivity index (χ1v) is 5.38. The van der Waals surface area contributed by atoms with Crippen molar-refractivity contribution in [3.05, 3.63) is 22.8 Å². The van der Waals surface area contributed by atoms with Crippen molar-refractivity contribution in [2.45, 2.75) is 25.8 Å². The molecule has 1 aliphatic heterocycles. The molecule has 0 spiro atoms. The first-order chi connectivity index (χ1) is 7.56. The number of hydrogen-bond acceptors (Lipinski definition) is 4. The van der Waals surface area contributed by atoms with E-state index in [0.717, 1.165) is 5.56 Å². The van der Waals surface area contributed by atoms with Gasteiger partial charge in [0.05, 0.1) is 6.04 Å². The maximum Gasteiger partial charge on any atom is 0.160 e. The zero-order chi connectivity index (χ0) is 11.7. The Kier molecular flexibility index (Phi) is 2.92. The molecule has 0 bridgehead atoms. The zero-order valence-corrected chi connectivity index (χ0v) is 9.54. The summed E-state index contributed by atoms with van der Waals surface area (Å²) >= 11 is 5.76. The third-order valence-electron chi connectivity index (χ3n) is 2.50. The molecule has 5 heteroatoms. The van der Waals surface area contributed by atoms with Crippen LogP contribution in [0.5, 0.6) is 0 Å². The standard InChI is InChI=1S/C11H11ClN2O2/c1-6(15)4-8-9(16)5-7-2-3-10(12)14-11(7)13-8/h2-3,8H,4-5H2,1H3,(H,13,14)/t8-/m0/s1. The number of fused-ring (bicyclic) bond motifs is 1. The predicted molar refractivity (Wildman–Crippen MR) is 60.7 cm³/mol. The average molecular weight is 239 g/mol. The van der Waals surface area contributed by atoms with Gasteiger partial charge in [-0.1, -0.05) is 17.7 Å². The molecule has 0 aliphatic carbocycles. The van der Waals surface area contributed by atoms with Crippen LogP contribution in [0.1, 0.15) is 18.9 Å². The van der Waals surface area contributed by atoms with Crippen LogP contribution in [0.2, 0.25) is 5.15 Å². The molecule has 0 saturated carbocycles. The second kappa shape index (κ2) is 4.22. The van der Waals surface area contributed by atoms with Crippen LogP contribution in [0.4, 0.5) is 5.82 Å². The van der Waals surface area contributed by atoms with Gasteiger partial charge >= 0.3 is 0 Å². The third-order valence-corrected chi connectivity index (χ3v) is 2.71. The van der Waals surface area contributed by atoms with Crippen molar-refractivity contribution in [1.82, 2.24) is 4.98 Å². The number of ketones is 2. The van der Waals surface area contributed by atoms with Gasteiger partial charge in [0.2, 0.25) is 0 Å². The van der Waals surface area contributed by atoms with E-state index < -0.39 is 6.04 Å². The molecule has 16 heavy (non-hydrogen) atoms. The highest BCUT2D eigenvalue weighted by molar-refractivity contribution is 6.29. The number of carbonyl (C=O) groups excluding carboxylic acids is 2. The quantitative estimate of drug-likeness (QED) is 0.796. The number of pyridine rings is 1. The molecule has 0 radical (unpaired) electrons. The van der Waals surface area contributed by atoms with E-state index in [1.807, 2.05) is 0 Å². The van der Waals surface area contributed by atoms with Crippen LogP contribution in [0.25, 0.3) is 0 Å². The minimum atomic E-state index is -0.462. The van der Waals surface area contributed by atoms with Crippen molar-refractivity contribution < 1.29 is 9.59 Å². The number of aromatic nitrogens is 1. The van der Waals surface area contributed by atoms with E-state index in [1.165, 1.54) is 6.92 Å². The number of Topliss-reactive ketones (excluding diaryl/α,β-unsaturated/α-hetero) is 2. The van der Waals surface area contributed by atoms with E-state index in [1.54, 1.807) is 12.1 Å². The Balaban J connectivity index is 2.26. The average Bonchev–Trinajstić information content (AvgIpc) is 2.19. The molecule has 1 atom stereocenters. The van der Waals surface area contributed by atoms with Gasteiger partial charge in [-0.3, -0.25) is 9.59 Å². The van der Waals surface area contributed by atoms with Crippen molar-refractivity contribution in [3.8, 4) is 0 Å². The fourth-order valence-electron chi connectivity index (χ4n) is 1.74. The third kappa shape index (κ3) is 2.22. The second-order valence-electron chi connectivity index (χ2n) is 3.89. The van der Waals surface area contributed by atoms with Gasteiger partial charge in [0.15, 0.2) is 5.78 Å². The lowest BCUT2D eigenvalue weighted by Gasteiger charge is -2.24. The van der Waals surface area contributed by atoms with Crippen molar-refractivity contribution in [2.24, 2.45) is 0 Å². The summed E-state index contributed by atoms with van der Waals surface area (Å²) in [6, 6.07) is 2.97. The van der Waals surface area contributed by atoms with Crippen LogP contribution in [0.3, 0.4) is 0 Å². The van der Waals surface area contributed by atoms with Crippen molar-refractivity contribution in [3.63, 3.8) is 0 Å². The van der Waals surface area contributed by atoms with Crippen LogP contribution in [0.15, 0.2) is 12.1 Å². The molecule has 1 aliphatic rings. The number of halogens is 1. The summed E-state index contributed by atoms with van der Waals surface area (Å²) in [5.74, 6) is 0.613. The molecular weight excluding hydrogens is 228 g/mol. The minimum absolute atomic E-state index is 0.0173. The van der Waals surface area contributed by atoms with E-state index in [4.69, 9.17) is 11.6 Å². The Bertz CT molecular complexity index is 459. The fraction of sp³-hybridized carbons (Fsp3) is 0.364. The first kappa shape index (κ1) is 11.1. The summed E-state index contributed by atoms with van der Waals surface area (Å²) in [7, 11) is 0. The molecule has 1 N–H and O–H groups in total. The number of hydrogen-bond donors (Lipinski definition) is 1. The monoisotopic (exact) mass is 238 g/mol. The van der Waals surface area contributed by atoms with Crippen molar-refractivity contribution in [2.75, 3.05) is 5.32 Å². The van der Waals surface area contributed by atoms with Gasteiger partial charge in [-0.15, -0.1) is 0 Å². The Morgan fingerprint density at radius 1 is 1.62 bits per heavy atom. The van der Waals surface area contributed by atoms with E-state index in [0.29, 0.717) is 17.4 Å². The van der Waals surface area contributed by atoms with Crippen molar-refractivity contribution >= 4 is 29.0 Å². The van der Waals surface area contributed by atoms with Crippen LogP contribution in [0, 0.1) is 0 Å². The van der Waals surface area contributed by atoms with Gasteiger partial charge in [-0.05, 0) is 13.0 Å². The smallest absolute Gasteiger partial charge is 0.160 e. The molecule has 0 fully saturated rings. The SMILES string of the molecule is CC(=O)C[C@@H]1Nc2nc(Cl)ccc2CC1=O. The Labute approximate surface area is 98.0 Å². The number of nitrogens with zero attached hydrogens (tertiary/aromatic N) is 1. The minimum Gasteiger partial charge on any atom is -0.360 e. The Morgan fingerprint density at radius 3 is 3.06 bits per heavy atom. The number of anilines is 1. The highest BCUT2D eigenvalue weighted by atomic mass is 35.5. The summed E-state index contributed by atoms with van der Waals surface area (Å²) in [5.41, 5.74) is 0.828. The lowest BCUT2D eigenvalue weighted by molar-refractivity contribution is -0.123. The maximum atomic E-state index is 11.7. The van der Waals surface area contributed by atoms with E-state index in [9.17, 15) is 9.59 Å². The van der Waals surface area contributed by atoms with E-state index in [-0.39, 0.29) is 18.0 Å². The van der Waals surface area contributed by atoms with E-state index >= 15 is 0 Å². The number of rotatable bonds is 2. The summed E-state index contributed by atoms with van der Waals surface area (Å²) in [5, 5.41) is 3.33. The summed E-state index contributed by atoms with van der Waals surface area (Å²) in [4.78, 5) is 26.8. The number of nitrogens with one attached hydrogen (secondary N) is 1. The molecule has 4 nitrogen and oxygen atoms in total. The zero-order valence-electron chi connectivity index (χ0n) is 8.79. The highest BCUT2D eigenvalue weighted by Crippen LogP contribution is 2.24. The van der Waals surface area contributed by atoms with Gasteiger partial charge in [-0.2, -0.15) is 0 Å². The topological polar surface area (TPSA) is 59.1 Å². The van der Waals surface area contributed by atoms with Gasteiger partial charge in [0.25, 0.3) is 0 Å². The maximum absolute atomic E-state index is 11.7. The van der Waals surface area contributed by atoms with Crippen LogP contribution >= 0.6 is 11.6 Å². The molecule has 1 aromatic rings. The molecule has 1 aromatic heterocycles. The summed E-state index contributed by atoms with van der Waals surface area (Å²) in [6.07, 6.45) is 0.511. The van der Waals surface area contributed by atoms with E-state index in [2.05, 4.69) is 10.3 Å². The normalized spacial score (nSPS) is 18.9. The predicted octanol–water partition coefficient (Wildman–Crippen LogP) is 1.62. The highest BCUT2D eigenvalue weighted by Gasteiger charge is 2.27. The summed E-state index contributed by atoms with van der Waals surface area (Å²) in [6.45, 7) is 1.47. The van der Waals surface area contributed by atoms with Crippen LogP contribution < -0.4 is 5.32 Å². The molecule has 84 valence electrons. The lowest BCUT2D eigenvalue weighted by atomic mass is 9.96. The molecule has 0 saturated heterocycles. The largest absolute Gasteiger partial charge is 0.360 e. The van der Waals surface area contributed by atoms with Crippen LogP contribution in [-0.4, -0.2) is 22.6 Å². The van der Waals surface area contributed by atoms with Crippen molar-refractivity contribution in [1.29, 1.82) is 0 Å². The molecular formula is C11H11ClN2O2. The first-order valence-electron chi connectivity index (χ1n) is 5.00. The van der Waals surface area contributed by atoms with Gasteiger partial charge in [0, 0.05) is 18.4 Å². The molecule has 2 rings (SSSR count). The molecule has 2 heterocycles. The molecule has 0 amide bonds. The van der Waals surface area contributed by atoms with Crippen LogP contribution in [-0.2, 0) is 16.0 Å². The lowest BCUT2D eigenvalue weighted by Crippen LogP contribution is -2.37. The fourth-order valence-corrected chi connectivity index (χ4v) is 1.89. The Hall–Kier alpha value is -1.42. The molecule has 0 aromatic carbocycles. The summed E-state index contributed by atoms with van der Waals surface area (Å²) < 4.78 is 0. The Morgan fingerprint density at radius 2 is 2.38 bits per heavy atom. The molecule has 0 unspecified atom stereocenters. The van der Waals surface area contributed by atoms with Gasteiger partial charge < -0.3 is 5.32 Å². The van der Waals surface area contributed by atoms with Gasteiger partial charge in [0.1, 0.15) is 16.8 Å². The number of carbonyl (C=O) groups is 2.